The second-order valence-corrected chi connectivity index (χ2v) is 35.8. The van der Waals surface area contributed by atoms with Crippen molar-refractivity contribution in [3.05, 3.63) is 436 Å². The zero-order valence-electron chi connectivity index (χ0n) is 77.9. The summed E-state index contributed by atoms with van der Waals surface area (Å²) >= 11 is 6.94. The molecule has 0 radical (unpaired) electrons. The van der Waals surface area contributed by atoms with Crippen molar-refractivity contribution in [3.8, 4) is 33.1 Å². The second-order valence-electron chi connectivity index (χ2n) is 34.4. The van der Waals surface area contributed by atoms with Crippen molar-refractivity contribution < 1.29 is 66.6 Å². The number of anilines is 1. The molecule has 4 aliphatic heterocycles. The van der Waals surface area contributed by atoms with Gasteiger partial charge in [-0.25, -0.2) is 19.2 Å². The Kier molecular flexibility index (Phi) is 35.0. The van der Waals surface area contributed by atoms with Gasteiger partial charge in [-0.1, -0.05) is 218 Å². The number of nitrogens with one attached hydrogen (secondary N) is 7. The minimum Gasteiger partial charge on any atom is -0.457 e. The zero-order chi connectivity index (χ0) is 101. The van der Waals surface area contributed by atoms with Crippen LogP contribution in [-0.4, -0.2) is 144 Å². The summed E-state index contributed by atoms with van der Waals surface area (Å²) in [4.78, 5) is 154. The summed E-state index contributed by atoms with van der Waals surface area (Å²) in [5, 5.41) is 38.9. The molecule has 1 saturated carbocycles. The van der Waals surface area contributed by atoms with Gasteiger partial charge in [0.05, 0.1) is 61.3 Å². The minimum atomic E-state index is -4.52. The van der Waals surface area contributed by atoms with E-state index >= 15 is 0 Å². The van der Waals surface area contributed by atoms with Crippen molar-refractivity contribution in [2.45, 2.75) is 152 Å². The number of aliphatic hydroxyl groups is 3. The third-order valence-corrected chi connectivity index (χ3v) is 25.6. The zero-order valence-corrected chi connectivity index (χ0v) is 79.6. The van der Waals surface area contributed by atoms with Crippen molar-refractivity contribution in [2.75, 3.05) is 31.6 Å². The van der Waals surface area contributed by atoms with Crippen LogP contribution in [0.3, 0.4) is 0 Å². The summed E-state index contributed by atoms with van der Waals surface area (Å²) in [6.45, 7) is 5.75. The molecule has 740 valence electrons. The molecule has 36 heteroatoms. The van der Waals surface area contributed by atoms with Crippen LogP contribution < -0.4 is 65.7 Å². The average Bonchev–Trinajstić information content (AvgIpc) is 1.77. The number of Topliss-reactive ketones (excluding diaryl/α,β-unsaturated/α-hetero) is 2. The number of hydrogen-bond acceptors (Lipinski definition) is 21. The van der Waals surface area contributed by atoms with E-state index in [1.165, 1.54) is 77.5 Å². The number of ketones is 2. The van der Waals surface area contributed by atoms with Gasteiger partial charge in [-0.2, -0.15) is 13.2 Å². The third-order valence-electron chi connectivity index (χ3n) is 24.5. The van der Waals surface area contributed by atoms with Crippen molar-refractivity contribution >= 4 is 57.7 Å². The molecule has 8 atom stereocenters. The number of amides is 2. The van der Waals surface area contributed by atoms with Gasteiger partial charge >= 0.3 is 28.9 Å². The fourth-order valence-corrected chi connectivity index (χ4v) is 18.1. The maximum atomic E-state index is 13.4. The molecule has 13 aromatic rings. The first kappa shape index (κ1) is 104. The monoisotopic (exact) mass is 1980 g/mol. The molecule has 5 aromatic heterocycles. The number of thiophene rings is 1. The summed E-state index contributed by atoms with van der Waals surface area (Å²) in [6.07, 6.45) is 9.87. The first-order valence-corrected chi connectivity index (χ1v) is 47.4. The van der Waals surface area contributed by atoms with Crippen LogP contribution in [0.2, 0.25) is 0 Å². The number of thiocarbonyl (C=S) groups is 1. The van der Waals surface area contributed by atoms with Crippen molar-refractivity contribution in [1.82, 2.24) is 53.7 Å². The number of benzene rings is 8. The molecule has 9 heterocycles. The van der Waals surface area contributed by atoms with Crippen LogP contribution in [0.15, 0.2) is 341 Å². The van der Waals surface area contributed by atoms with E-state index in [2.05, 4.69) is 48.0 Å². The summed E-state index contributed by atoms with van der Waals surface area (Å²) in [7, 11) is 0. The number of halogens is 3. The number of fused-ring (bicyclic) bond motifs is 2. The summed E-state index contributed by atoms with van der Waals surface area (Å²) in [6, 6.07) is 71.8. The highest BCUT2D eigenvalue weighted by atomic mass is 32.1. The summed E-state index contributed by atoms with van der Waals surface area (Å²) < 4.78 is 70.5. The molecule has 8 aromatic carbocycles. The Bertz CT molecular complexity index is 7130. The maximum absolute atomic E-state index is 13.4. The molecule has 31 nitrogen and oxygen atoms in total. The Balaban J connectivity index is 0.000000150. The standard InChI is InChI=1S/C37H33F3N4O4S.C24H22N2O4.C24H24N2O3.C13H14N2O5S.C9H12N2O3/c1-24-22-44(35(46)43-33(24)45)32-21-30(42-34(49)41-29-19-11-18-28(20-29)37(38,39)40)31(48-32)23-47-36(25-12-5-2-6-13-25,26-14-7-3-8-15-26)27-16-9-4-10-17-27;1-16-15-26(24(29)25-23(16)28)14-8-2-3-11-19(27)22-17-9-4-6-12-20(17)30-21-13-7-5-10-18(21)22;1-18-17-26(24(29)16-22(18)27)14-6-5-13-25-23(28)15-19-9-11-21(12-10-19)20-7-3-2-4-8-20;16-6-9-8(17)4-11(20-9)15-5-7(10-2-1-3-21-10)12(18)14-13(15)19;12-7-2-1-6(5-7)11-4-3-8(13)10-9(11)14/h2-20,22,30-32H,21,23H2,1H3,(H2,41,42,49)(H,43,45,46);2,4-10,12-13,15,22H,3,11,14H2,1H3,(H,25,28,29);2-12,17H,13-16H2,1H3,(H,25,28);1-3,5,8-9,11,16-17H,4,6H2,(H,14,18,19);3-4,6-7,12H,1-2,5H2,(H,10,13,14)/b;8-2-;6-5-;;/t30-,31+,32+;;;8-,9+,11+;/m0..0./s1. The van der Waals surface area contributed by atoms with E-state index in [0.29, 0.717) is 67.6 Å². The predicted molar refractivity (Wildman–Crippen MR) is 538 cm³/mol. The number of aromatic amines is 4. The number of para-hydroxylation sites is 2. The molecule has 18 rings (SSSR count). The molecular weight excluding hydrogens is 1880 g/mol. The molecule has 3 fully saturated rings. The van der Waals surface area contributed by atoms with E-state index < -0.39 is 88.0 Å². The Hall–Kier alpha value is -15.3. The number of carbonyl (C=O) groups is 4. The fourth-order valence-electron chi connectivity index (χ4n) is 17.1. The normalized spacial score (nSPS) is 18.0. The van der Waals surface area contributed by atoms with Crippen LogP contribution in [0.5, 0.6) is 11.5 Å². The predicted octanol–water partition coefficient (Wildman–Crippen LogP) is 13.0. The molecule has 2 unspecified atom stereocenters. The van der Waals surface area contributed by atoms with Gasteiger partial charge < -0.3 is 55.1 Å². The number of aryl methyl sites for hydroxylation is 2. The largest absolute Gasteiger partial charge is 0.457 e. The quantitative estimate of drug-likeness (QED) is 0.0104. The lowest BCUT2D eigenvalue weighted by molar-refractivity contribution is -0.137. The average molecular weight is 1980 g/mol. The molecule has 2 saturated heterocycles. The Labute approximate surface area is 826 Å². The lowest BCUT2D eigenvalue weighted by Gasteiger charge is -2.37. The van der Waals surface area contributed by atoms with E-state index in [9.17, 15) is 80.9 Å². The number of alkyl halides is 3. The van der Waals surface area contributed by atoms with Crippen LogP contribution in [0, 0.1) is 13.8 Å². The minimum absolute atomic E-state index is 0.0100. The van der Waals surface area contributed by atoms with Gasteiger partial charge in [-0.15, -0.1) is 11.3 Å². The van der Waals surface area contributed by atoms with Crippen molar-refractivity contribution in [1.29, 1.82) is 0 Å². The highest BCUT2D eigenvalue weighted by Crippen LogP contribution is 2.46. The van der Waals surface area contributed by atoms with Crippen LogP contribution >= 0.6 is 23.6 Å². The topological polar surface area (TPSA) is 425 Å². The highest BCUT2D eigenvalue weighted by Gasteiger charge is 2.44. The number of ether oxygens (including phenoxy) is 4. The van der Waals surface area contributed by atoms with Crippen molar-refractivity contribution in [3.63, 3.8) is 0 Å². The number of allylic oxidation sites excluding steroid dienone is 3. The maximum Gasteiger partial charge on any atom is 0.416 e. The molecular formula is C107H105F3N12O19S2. The van der Waals surface area contributed by atoms with Crippen LogP contribution in [0.4, 0.5) is 18.9 Å². The van der Waals surface area contributed by atoms with E-state index in [4.69, 9.17) is 36.3 Å². The molecule has 10 N–H and O–H groups in total. The second kappa shape index (κ2) is 48.3. The Morgan fingerprint density at radius 2 is 1.14 bits per heavy atom. The van der Waals surface area contributed by atoms with Gasteiger partial charge in [-0.3, -0.25) is 76.6 Å². The van der Waals surface area contributed by atoms with E-state index in [0.717, 1.165) is 85.9 Å². The van der Waals surface area contributed by atoms with Gasteiger partial charge in [0, 0.05) is 120 Å². The van der Waals surface area contributed by atoms with E-state index in [-0.39, 0.29) is 95.8 Å². The number of aliphatic hydroxyl groups excluding tert-OH is 3. The molecule has 2 amide bonds. The molecule has 5 aliphatic rings. The Morgan fingerprint density at radius 3 is 1.74 bits per heavy atom. The van der Waals surface area contributed by atoms with Crippen LogP contribution in [-0.2, 0) is 58.1 Å². The van der Waals surface area contributed by atoms with Gasteiger partial charge in [-0.05, 0) is 134 Å². The smallest absolute Gasteiger partial charge is 0.416 e. The molecule has 143 heavy (non-hydrogen) atoms. The lowest BCUT2D eigenvalue weighted by atomic mass is 9.80. The SMILES string of the molecule is CC1=CN(C/C=C\CNC(=O)Cc2ccc(-c3ccccc3)cc2)C(=O)CC1=O.Cc1cn(C/C=C\CCC(=O)C2c3ccccc3Oc3ccccc32)c(=O)[nH]c1=O.Cc1cn([C@H]2C[C@H](NC(=S)Nc3cccc(C(F)(F)F)c3)[C@@H](COC(c3ccccc3)(c3ccccc3)c3ccccc3)O2)c(=O)[nH]c1=O.O=c1[nH]c(=O)n([C@H]2C[C@H](O)[C@@H](CO)O2)cc1-c1cccs1.O=c1ccn(C2CCC(O)C2)c(=O)[nH]1. The number of carbonyl (C=O) groups excluding carboxylic acids is 4. The van der Waals surface area contributed by atoms with Gasteiger partial charge in [0.25, 0.3) is 22.2 Å². The molecule has 0 spiro atoms. The number of hydrogen-bond donors (Lipinski definition) is 10. The van der Waals surface area contributed by atoms with E-state index in [1.54, 1.807) is 33.0 Å². The van der Waals surface area contributed by atoms with E-state index in [1.807, 2.05) is 218 Å². The van der Waals surface area contributed by atoms with Crippen molar-refractivity contribution in [2.24, 2.45) is 0 Å². The number of nitrogens with zero attached hydrogens (tertiary/aromatic N) is 5. The van der Waals surface area contributed by atoms with Crippen LogP contribution in [0.1, 0.15) is 133 Å². The van der Waals surface area contributed by atoms with Crippen LogP contribution in [0.25, 0.3) is 21.6 Å². The number of H-pyrrole nitrogens is 4. The number of rotatable bonds is 26. The van der Waals surface area contributed by atoms with Gasteiger partial charge in [0.1, 0.15) is 47.5 Å². The summed E-state index contributed by atoms with van der Waals surface area (Å²) in [5.74, 6) is 0.838. The first-order valence-electron chi connectivity index (χ1n) is 46.2. The Morgan fingerprint density at radius 1 is 0.573 bits per heavy atom. The number of aromatic nitrogens is 8. The third kappa shape index (κ3) is 26.7. The summed E-state index contributed by atoms with van der Waals surface area (Å²) in [5.41, 5.74) is 3.86. The highest BCUT2D eigenvalue weighted by molar-refractivity contribution is 7.80. The van der Waals surface area contributed by atoms with Gasteiger partial charge in [0.15, 0.2) is 10.9 Å². The molecule has 0 bridgehead atoms. The lowest BCUT2D eigenvalue weighted by Crippen LogP contribution is -2.46. The fraction of sp³-hybridized carbons (Fsp3) is 0.262. The molecule has 1 aliphatic carbocycles. The first-order chi connectivity index (χ1) is 68.9. The van der Waals surface area contributed by atoms with Gasteiger partial charge in [0.2, 0.25) is 11.8 Å².